The Labute approximate surface area is 66.9 Å². The van der Waals surface area contributed by atoms with Crippen molar-refractivity contribution in [1.82, 2.24) is 10.4 Å². The molecule has 0 fully saturated rings. The summed E-state index contributed by atoms with van der Waals surface area (Å²) in [7, 11) is 0. The van der Waals surface area contributed by atoms with Crippen molar-refractivity contribution < 1.29 is 0 Å². The smallest absolute Gasteiger partial charge is 0.0908 e. The summed E-state index contributed by atoms with van der Waals surface area (Å²) >= 11 is 0. The lowest BCUT2D eigenvalue weighted by molar-refractivity contribution is 0.317. The number of allylic oxidation sites excluding steroid dienone is 2. The van der Waals surface area contributed by atoms with Gasteiger partial charge in [-0.1, -0.05) is 11.6 Å². The number of nitrogens with zero attached hydrogens (tertiary/aromatic N) is 1. The molecular weight excluding hydrogens is 136 g/mol. The molecule has 2 aliphatic heterocycles. The first-order valence-electron chi connectivity index (χ1n) is 3.85. The van der Waals surface area contributed by atoms with Crippen LogP contribution in [0.25, 0.3) is 0 Å². The first-order chi connectivity index (χ1) is 5.27. The van der Waals surface area contributed by atoms with Gasteiger partial charge in [0.25, 0.3) is 0 Å². The molecule has 0 aromatic carbocycles. The van der Waals surface area contributed by atoms with E-state index in [2.05, 4.69) is 42.6 Å². The molecule has 2 heteroatoms. The van der Waals surface area contributed by atoms with Crippen LogP contribution in [0.2, 0.25) is 0 Å². The van der Waals surface area contributed by atoms with Gasteiger partial charge in [-0.3, -0.25) is 5.01 Å². The van der Waals surface area contributed by atoms with E-state index in [1.807, 2.05) is 6.20 Å². The van der Waals surface area contributed by atoms with Crippen molar-refractivity contribution in [3.05, 3.63) is 35.7 Å². The topological polar surface area (TPSA) is 15.3 Å². The van der Waals surface area contributed by atoms with Crippen molar-refractivity contribution in [3.63, 3.8) is 0 Å². The maximum Gasteiger partial charge on any atom is 0.0908 e. The average Bonchev–Trinajstić information content (AvgIpc) is 2.33. The van der Waals surface area contributed by atoms with Crippen LogP contribution in [0, 0.1) is 0 Å². The van der Waals surface area contributed by atoms with Gasteiger partial charge in [0.15, 0.2) is 0 Å². The van der Waals surface area contributed by atoms with E-state index in [0.29, 0.717) is 6.04 Å². The molecule has 2 heterocycles. The van der Waals surface area contributed by atoms with Crippen LogP contribution < -0.4 is 5.43 Å². The third-order valence-electron chi connectivity index (χ3n) is 2.13. The summed E-state index contributed by atoms with van der Waals surface area (Å²) in [5.41, 5.74) is 5.87. The predicted molar refractivity (Wildman–Crippen MR) is 45.4 cm³/mol. The minimum absolute atomic E-state index is 0.444. The number of rotatable bonds is 0. The van der Waals surface area contributed by atoms with Crippen LogP contribution >= 0.6 is 0 Å². The van der Waals surface area contributed by atoms with E-state index in [1.54, 1.807) is 0 Å². The summed E-state index contributed by atoms with van der Waals surface area (Å²) in [6.07, 6.45) is 8.49. The molecule has 1 atom stereocenters. The molecule has 0 radical (unpaired) electrons. The highest BCUT2D eigenvalue weighted by Crippen LogP contribution is 2.21. The third-order valence-corrected chi connectivity index (χ3v) is 2.13. The number of hydrogen-bond donors (Lipinski definition) is 1. The lowest BCUT2D eigenvalue weighted by atomic mass is 10.1. The molecule has 11 heavy (non-hydrogen) atoms. The maximum absolute atomic E-state index is 3.17. The summed E-state index contributed by atoms with van der Waals surface area (Å²) in [6.45, 7) is 4.26. The third kappa shape index (κ3) is 0.946. The summed E-state index contributed by atoms with van der Waals surface area (Å²) in [6, 6.07) is 0.444. The van der Waals surface area contributed by atoms with Gasteiger partial charge in [-0.15, -0.1) is 0 Å². The van der Waals surface area contributed by atoms with E-state index in [4.69, 9.17) is 0 Å². The molecule has 0 bridgehead atoms. The zero-order valence-corrected chi connectivity index (χ0v) is 6.83. The van der Waals surface area contributed by atoms with Crippen molar-refractivity contribution in [2.24, 2.45) is 0 Å². The summed E-state index contributed by atoms with van der Waals surface area (Å²) in [5.74, 6) is 0. The van der Waals surface area contributed by atoms with Gasteiger partial charge in [0.1, 0.15) is 0 Å². The minimum atomic E-state index is 0.444. The largest absolute Gasteiger partial charge is 0.305 e. The highest BCUT2D eigenvalue weighted by molar-refractivity contribution is 5.31. The van der Waals surface area contributed by atoms with Crippen molar-refractivity contribution in [2.75, 3.05) is 0 Å². The molecule has 1 N–H and O–H groups in total. The molecule has 2 rings (SSSR count). The molecule has 58 valence electrons. The van der Waals surface area contributed by atoms with Crippen LogP contribution in [0.15, 0.2) is 35.7 Å². The summed E-state index contributed by atoms with van der Waals surface area (Å²) in [4.78, 5) is 0. The maximum atomic E-state index is 3.17. The highest BCUT2D eigenvalue weighted by Gasteiger charge is 2.21. The normalized spacial score (nSPS) is 27.5. The Balaban J connectivity index is 2.29. The van der Waals surface area contributed by atoms with Gasteiger partial charge in [0.2, 0.25) is 0 Å². The monoisotopic (exact) mass is 148 g/mol. The van der Waals surface area contributed by atoms with Gasteiger partial charge in [-0.25, -0.2) is 0 Å². The number of nitrogens with one attached hydrogen (secondary N) is 1. The van der Waals surface area contributed by atoms with Gasteiger partial charge in [0, 0.05) is 12.4 Å². The Morgan fingerprint density at radius 1 is 1.45 bits per heavy atom. The second kappa shape index (κ2) is 2.16. The van der Waals surface area contributed by atoms with Gasteiger partial charge in [-0.2, -0.15) is 0 Å². The molecule has 2 aliphatic rings. The number of hydrogen-bond acceptors (Lipinski definition) is 2. The molecule has 2 nitrogen and oxygen atoms in total. The molecule has 0 saturated carbocycles. The van der Waals surface area contributed by atoms with E-state index in [0.717, 1.165) is 0 Å². The SMILES string of the molecule is CC1=CC2C(C)=CNN2C=C1. The van der Waals surface area contributed by atoms with E-state index in [1.165, 1.54) is 11.1 Å². The molecule has 0 aliphatic carbocycles. The Morgan fingerprint density at radius 3 is 3.09 bits per heavy atom. The average molecular weight is 148 g/mol. The fraction of sp³-hybridized carbons (Fsp3) is 0.333. The molecule has 1 unspecified atom stereocenters. The standard InChI is InChI=1S/C9H12N2/c1-7-3-4-11-9(5-7)8(2)6-10-11/h3-6,9-10H,1-2H3. The second-order valence-electron chi connectivity index (χ2n) is 3.10. The molecule has 0 aromatic rings. The lowest BCUT2D eigenvalue weighted by Gasteiger charge is -2.24. The Bertz CT molecular complexity index is 261. The van der Waals surface area contributed by atoms with Crippen LogP contribution in [-0.2, 0) is 0 Å². The Morgan fingerprint density at radius 2 is 2.27 bits per heavy atom. The highest BCUT2D eigenvalue weighted by atomic mass is 15.5. The van der Waals surface area contributed by atoms with Crippen LogP contribution in [0.3, 0.4) is 0 Å². The van der Waals surface area contributed by atoms with Crippen LogP contribution in [0.4, 0.5) is 0 Å². The van der Waals surface area contributed by atoms with Gasteiger partial charge in [0.05, 0.1) is 6.04 Å². The van der Waals surface area contributed by atoms with Gasteiger partial charge < -0.3 is 5.43 Å². The van der Waals surface area contributed by atoms with E-state index < -0.39 is 0 Å². The van der Waals surface area contributed by atoms with Crippen LogP contribution in [0.5, 0.6) is 0 Å². The predicted octanol–water partition coefficient (Wildman–Crippen LogP) is 1.55. The quantitative estimate of drug-likeness (QED) is 0.560. The molecule has 0 spiro atoms. The van der Waals surface area contributed by atoms with Crippen molar-refractivity contribution in [3.8, 4) is 0 Å². The van der Waals surface area contributed by atoms with Gasteiger partial charge in [-0.05, 0) is 25.5 Å². The van der Waals surface area contributed by atoms with Crippen molar-refractivity contribution >= 4 is 0 Å². The Kier molecular flexibility index (Phi) is 1.28. The Hall–Kier alpha value is -1.18. The van der Waals surface area contributed by atoms with Crippen molar-refractivity contribution in [1.29, 1.82) is 0 Å². The first kappa shape index (κ1) is 6.53. The molecule has 0 amide bonds. The summed E-state index contributed by atoms with van der Waals surface area (Å²) in [5, 5.41) is 2.10. The number of fused-ring (bicyclic) bond motifs is 1. The fourth-order valence-electron chi connectivity index (χ4n) is 1.41. The second-order valence-corrected chi connectivity index (χ2v) is 3.10. The molecular formula is C9H12N2. The van der Waals surface area contributed by atoms with E-state index in [9.17, 15) is 0 Å². The first-order valence-corrected chi connectivity index (χ1v) is 3.85. The minimum Gasteiger partial charge on any atom is -0.305 e. The van der Waals surface area contributed by atoms with Crippen molar-refractivity contribution in [2.45, 2.75) is 19.9 Å². The van der Waals surface area contributed by atoms with E-state index in [-0.39, 0.29) is 0 Å². The lowest BCUT2D eigenvalue weighted by Crippen LogP contribution is -2.33. The van der Waals surface area contributed by atoms with Crippen LogP contribution in [-0.4, -0.2) is 11.1 Å². The van der Waals surface area contributed by atoms with Crippen LogP contribution in [0.1, 0.15) is 13.8 Å². The number of hydrazine groups is 1. The van der Waals surface area contributed by atoms with Gasteiger partial charge >= 0.3 is 0 Å². The zero-order valence-electron chi connectivity index (χ0n) is 6.83. The molecule has 0 aromatic heterocycles. The fourth-order valence-corrected chi connectivity index (χ4v) is 1.41. The van der Waals surface area contributed by atoms with E-state index >= 15 is 0 Å². The molecule has 0 saturated heterocycles. The summed E-state index contributed by atoms with van der Waals surface area (Å²) < 4.78 is 0. The zero-order chi connectivity index (χ0) is 7.84.